The second-order valence-electron chi connectivity index (χ2n) is 5.42. The zero-order valence-corrected chi connectivity index (χ0v) is 12.1. The van der Waals surface area contributed by atoms with E-state index >= 15 is 0 Å². The molecule has 21 heavy (non-hydrogen) atoms. The number of ether oxygens (including phenoxy) is 2. The Balaban J connectivity index is 1.95. The van der Waals surface area contributed by atoms with Gasteiger partial charge in [-0.1, -0.05) is 30.3 Å². The molecular weight excluding hydrogens is 268 g/mol. The average Bonchev–Trinajstić information content (AvgIpc) is 2.82. The number of rotatable bonds is 4. The zero-order chi connectivity index (χ0) is 15.3. The summed E-state index contributed by atoms with van der Waals surface area (Å²) >= 11 is 0. The molecule has 5 nitrogen and oxygen atoms in total. The lowest BCUT2D eigenvalue weighted by atomic mass is 10.2. The minimum absolute atomic E-state index is 0.00590. The molecule has 1 amide bonds. The summed E-state index contributed by atoms with van der Waals surface area (Å²) in [4.78, 5) is 12.0. The Morgan fingerprint density at radius 3 is 2.76 bits per heavy atom. The van der Waals surface area contributed by atoms with E-state index < -0.39 is 17.8 Å². The van der Waals surface area contributed by atoms with Gasteiger partial charge in [0.15, 0.2) is 6.29 Å². The third-order valence-electron chi connectivity index (χ3n) is 2.99. The lowest BCUT2D eigenvalue weighted by Gasteiger charge is -2.14. The van der Waals surface area contributed by atoms with Crippen molar-refractivity contribution in [2.24, 2.45) is 0 Å². The highest BCUT2D eigenvalue weighted by Crippen LogP contribution is 2.23. The van der Waals surface area contributed by atoms with Gasteiger partial charge in [0.2, 0.25) is 0 Å². The third-order valence-corrected chi connectivity index (χ3v) is 2.99. The Kier molecular flexibility index (Phi) is 4.73. The Bertz CT molecular complexity index is 573. The summed E-state index contributed by atoms with van der Waals surface area (Å²) in [5.41, 5.74) is 0.564. The minimum Gasteiger partial charge on any atom is -0.347 e. The number of nitriles is 1. The van der Waals surface area contributed by atoms with Crippen molar-refractivity contribution in [3.05, 3.63) is 47.5 Å². The highest BCUT2D eigenvalue weighted by molar-refractivity contribution is 5.97. The second kappa shape index (κ2) is 6.53. The van der Waals surface area contributed by atoms with E-state index in [0.717, 1.165) is 5.56 Å². The Hall–Kier alpha value is -2.16. The third kappa shape index (κ3) is 4.42. The number of hydrogen-bond acceptors (Lipinski definition) is 4. The molecule has 1 aromatic rings. The fourth-order valence-electron chi connectivity index (χ4n) is 1.92. The van der Waals surface area contributed by atoms with Gasteiger partial charge in [-0.25, -0.2) is 0 Å². The molecule has 0 radical (unpaired) electrons. The maximum absolute atomic E-state index is 12.0. The van der Waals surface area contributed by atoms with Gasteiger partial charge in [-0.3, -0.25) is 4.79 Å². The number of carbonyl (C=O) groups is 1. The SMILES string of the molecule is CC1(C)COC(/C=C(/C#N)C(=O)NCc2ccccc2)O1. The summed E-state index contributed by atoms with van der Waals surface area (Å²) in [6.07, 6.45) is 0.756. The lowest BCUT2D eigenvalue weighted by molar-refractivity contribution is -0.117. The summed E-state index contributed by atoms with van der Waals surface area (Å²) in [7, 11) is 0. The van der Waals surface area contributed by atoms with Crippen LogP contribution in [0.25, 0.3) is 0 Å². The normalized spacial score (nSPS) is 20.8. The van der Waals surface area contributed by atoms with Crippen molar-refractivity contribution in [3.63, 3.8) is 0 Å². The molecule has 0 aliphatic carbocycles. The maximum atomic E-state index is 12.0. The fraction of sp³-hybridized carbons (Fsp3) is 0.375. The van der Waals surface area contributed by atoms with Gasteiger partial charge in [-0.05, 0) is 25.5 Å². The predicted molar refractivity (Wildman–Crippen MR) is 76.9 cm³/mol. The summed E-state index contributed by atoms with van der Waals surface area (Å²) in [5.74, 6) is -0.432. The number of benzene rings is 1. The van der Waals surface area contributed by atoms with Gasteiger partial charge in [0.25, 0.3) is 5.91 Å². The molecule has 0 spiro atoms. The van der Waals surface area contributed by atoms with Crippen molar-refractivity contribution in [1.82, 2.24) is 5.32 Å². The molecule has 0 aromatic heterocycles. The highest BCUT2D eigenvalue weighted by atomic mass is 16.7. The molecule has 1 fully saturated rings. The van der Waals surface area contributed by atoms with Gasteiger partial charge in [0, 0.05) is 6.54 Å². The Morgan fingerprint density at radius 1 is 1.48 bits per heavy atom. The lowest BCUT2D eigenvalue weighted by Crippen LogP contribution is -2.25. The number of nitrogens with zero attached hydrogens (tertiary/aromatic N) is 1. The van der Waals surface area contributed by atoms with E-state index in [0.29, 0.717) is 13.2 Å². The van der Waals surface area contributed by atoms with Crippen molar-refractivity contribution in [2.45, 2.75) is 32.3 Å². The first-order chi connectivity index (χ1) is 10.00. The van der Waals surface area contributed by atoms with Gasteiger partial charge in [-0.2, -0.15) is 5.26 Å². The summed E-state index contributed by atoms with van der Waals surface area (Å²) in [6, 6.07) is 11.4. The van der Waals surface area contributed by atoms with Crippen molar-refractivity contribution in [2.75, 3.05) is 6.61 Å². The first-order valence-electron chi connectivity index (χ1n) is 6.74. The van der Waals surface area contributed by atoms with Crippen LogP contribution in [0, 0.1) is 11.3 Å². The molecule has 110 valence electrons. The average molecular weight is 286 g/mol. The number of nitrogens with one attached hydrogen (secondary N) is 1. The molecule has 1 atom stereocenters. The van der Waals surface area contributed by atoms with Crippen LogP contribution in [-0.4, -0.2) is 24.4 Å². The van der Waals surface area contributed by atoms with Crippen LogP contribution in [0.3, 0.4) is 0 Å². The van der Waals surface area contributed by atoms with Crippen LogP contribution in [-0.2, 0) is 20.8 Å². The van der Waals surface area contributed by atoms with Gasteiger partial charge in [0.05, 0.1) is 12.2 Å². The number of amides is 1. The van der Waals surface area contributed by atoms with Crippen LogP contribution >= 0.6 is 0 Å². The van der Waals surface area contributed by atoms with Crippen LogP contribution in [0.5, 0.6) is 0 Å². The van der Waals surface area contributed by atoms with E-state index in [1.807, 2.05) is 50.2 Å². The van der Waals surface area contributed by atoms with Crippen LogP contribution in [0.15, 0.2) is 42.0 Å². The van der Waals surface area contributed by atoms with Gasteiger partial charge >= 0.3 is 0 Å². The largest absolute Gasteiger partial charge is 0.347 e. The summed E-state index contributed by atoms with van der Waals surface area (Å²) in [5, 5.41) is 11.8. The van der Waals surface area contributed by atoms with E-state index in [-0.39, 0.29) is 5.57 Å². The van der Waals surface area contributed by atoms with E-state index in [1.54, 1.807) is 0 Å². The van der Waals surface area contributed by atoms with Crippen LogP contribution in [0.4, 0.5) is 0 Å². The quantitative estimate of drug-likeness (QED) is 0.678. The molecule has 1 heterocycles. The van der Waals surface area contributed by atoms with E-state index in [4.69, 9.17) is 14.7 Å². The number of carbonyl (C=O) groups excluding carboxylic acids is 1. The standard InChI is InChI=1S/C16H18N2O3/c1-16(2)11-20-14(21-16)8-13(9-17)15(19)18-10-12-6-4-3-5-7-12/h3-8,14H,10-11H2,1-2H3,(H,18,19)/b13-8-. The van der Waals surface area contributed by atoms with Crippen LogP contribution in [0.2, 0.25) is 0 Å². The molecule has 0 saturated carbocycles. The summed E-state index contributed by atoms with van der Waals surface area (Å²) < 4.78 is 10.9. The van der Waals surface area contributed by atoms with E-state index in [1.165, 1.54) is 6.08 Å². The molecule has 1 aliphatic heterocycles. The monoisotopic (exact) mass is 286 g/mol. The molecule has 1 aliphatic rings. The van der Waals surface area contributed by atoms with Crippen molar-refractivity contribution in [1.29, 1.82) is 5.26 Å². The van der Waals surface area contributed by atoms with Gasteiger partial charge in [0.1, 0.15) is 11.6 Å². The predicted octanol–water partition coefficient (Wildman–Crippen LogP) is 1.90. The van der Waals surface area contributed by atoms with Crippen LogP contribution < -0.4 is 5.32 Å². The molecule has 5 heteroatoms. The first-order valence-corrected chi connectivity index (χ1v) is 6.74. The van der Waals surface area contributed by atoms with Gasteiger partial charge in [-0.15, -0.1) is 0 Å². The smallest absolute Gasteiger partial charge is 0.262 e. The van der Waals surface area contributed by atoms with E-state index in [2.05, 4.69) is 5.32 Å². The maximum Gasteiger partial charge on any atom is 0.262 e. The molecule has 1 saturated heterocycles. The molecule has 1 unspecified atom stereocenters. The highest BCUT2D eigenvalue weighted by Gasteiger charge is 2.32. The minimum atomic E-state index is -0.655. The second-order valence-corrected chi connectivity index (χ2v) is 5.42. The van der Waals surface area contributed by atoms with Crippen molar-refractivity contribution in [3.8, 4) is 6.07 Å². The topological polar surface area (TPSA) is 71.3 Å². The molecule has 2 rings (SSSR count). The first kappa shape index (κ1) is 15.2. The van der Waals surface area contributed by atoms with Crippen molar-refractivity contribution < 1.29 is 14.3 Å². The Morgan fingerprint density at radius 2 is 2.19 bits per heavy atom. The zero-order valence-electron chi connectivity index (χ0n) is 12.1. The number of hydrogen-bond donors (Lipinski definition) is 1. The van der Waals surface area contributed by atoms with Crippen LogP contribution in [0.1, 0.15) is 19.4 Å². The Labute approximate surface area is 124 Å². The molecule has 0 bridgehead atoms. The molecule has 1 N–H and O–H groups in total. The molecular formula is C16H18N2O3. The summed E-state index contributed by atoms with van der Waals surface area (Å²) in [6.45, 7) is 4.58. The van der Waals surface area contributed by atoms with E-state index in [9.17, 15) is 4.79 Å². The van der Waals surface area contributed by atoms with Gasteiger partial charge < -0.3 is 14.8 Å². The van der Waals surface area contributed by atoms with Crippen molar-refractivity contribution >= 4 is 5.91 Å². The fourth-order valence-corrected chi connectivity index (χ4v) is 1.92. The molecule has 1 aromatic carbocycles.